The molecule has 128 valence electrons. The number of rotatable bonds is 7. The van der Waals surface area contributed by atoms with Crippen LogP contribution in [0.5, 0.6) is 0 Å². The van der Waals surface area contributed by atoms with Crippen LogP contribution in [0.2, 0.25) is 13.1 Å². The van der Waals surface area contributed by atoms with Gasteiger partial charge in [0.1, 0.15) is 11.9 Å². The van der Waals surface area contributed by atoms with E-state index >= 15 is 0 Å². The highest BCUT2D eigenvalue weighted by molar-refractivity contribution is 6.26. The van der Waals surface area contributed by atoms with Crippen LogP contribution in [0.15, 0.2) is 53.4 Å². The molecule has 0 aliphatic carbocycles. The zero-order valence-corrected chi connectivity index (χ0v) is 16.9. The molecule has 0 saturated carbocycles. The van der Waals surface area contributed by atoms with E-state index in [1.807, 2.05) is 31.4 Å². The normalized spacial score (nSPS) is 12.2. The van der Waals surface area contributed by atoms with E-state index in [1.165, 1.54) is 0 Å². The van der Waals surface area contributed by atoms with Gasteiger partial charge in [-0.05, 0) is 30.8 Å². The van der Waals surface area contributed by atoms with E-state index in [-0.39, 0.29) is 11.7 Å². The zero-order valence-electron chi connectivity index (χ0n) is 14.9. The summed E-state index contributed by atoms with van der Waals surface area (Å²) in [4.78, 5) is 4.20. The lowest BCUT2D eigenvalue weighted by atomic mass is 9.83. The molecule has 0 saturated heterocycles. The largest absolute Gasteiger partial charge is 0.464 e. The third-order valence-electron chi connectivity index (χ3n) is 4.33. The smallest absolute Gasteiger partial charge is 0.229 e. The van der Waals surface area contributed by atoms with Crippen molar-refractivity contribution in [1.29, 1.82) is 0 Å². The Morgan fingerprint density at radius 3 is 2.52 bits per heavy atom. The lowest BCUT2D eigenvalue weighted by Crippen LogP contribution is -2.39. The highest BCUT2D eigenvalue weighted by Crippen LogP contribution is 2.35. The summed E-state index contributed by atoms with van der Waals surface area (Å²) in [6.45, 7) is 8.32. The van der Waals surface area contributed by atoms with E-state index < -0.39 is 0 Å². The summed E-state index contributed by atoms with van der Waals surface area (Å²) < 4.78 is 17.6. The Kier molecular flexibility index (Phi) is 5.53. The van der Waals surface area contributed by atoms with E-state index in [0.717, 1.165) is 27.7 Å². The molecule has 2 aromatic heterocycles. The second-order valence-corrected chi connectivity index (χ2v) is 7.59. The summed E-state index contributed by atoms with van der Waals surface area (Å²) >= 11 is 0. The maximum atomic E-state index is 5.86. The van der Waals surface area contributed by atoms with Gasteiger partial charge in [-0.3, -0.25) is 4.98 Å². The fourth-order valence-corrected chi connectivity index (χ4v) is 4.05. The van der Waals surface area contributed by atoms with Crippen LogP contribution < -0.4 is 0 Å². The molecule has 6 heteroatoms. The van der Waals surface area contributed by atoms with E-state index in [2.05, 4.69) is 37.0 Å². The van der Waals surface area contributed by atoms with Crippen molar-refractivity contribution in [2.45, 2.75) is 38.6 Å². The Bertz CT molecular complexity index is 827. The molecular weight excluding hydrogens is 346 g/mol. The molecule has 25 heavy (non-hydrogen) atoms. The van der Waals surface area contributed by atoms with Crippen molar-refractivity contribution in [3.8, 4) is 11.1 Å². The molecule has 0 bridgehead atoms. The molecule has 0 unspecified atom stereocenters. The van der Waals surface area contributed by atoms with Gasteiger partial charge in [0.05, 0.1) is 6.26 Å². The number of hydrogen-bond donors (Lipinski definition) is 0. The fourth-order valence-electron chi connectivity index (χ4n) is 2.84. The number of pyridine rings is 1. The van der Waals surface area contributed by atoms with Gasteiger partial charge in [0, 0.05) is 34.3 Å². The summed E-state index contributed by atoms with van der Waals surface area (Å²) in [7, 11) is 0.764. The van der Waals surface area contributed by atoms with E-state index in [4.69, 9.17) is 13.3 Å². The first-order chi connectivity index (χ1) is 12.1. The van der Waals surface area contributed by atoms with Gasteiger partial charge in [0.25, 0.3) is 0 Å². The molecule has 2 heterocycles. The number of hydrogen-bond acceptors (Lipinski definition) is 4. The first kappa shape index (κ1) is 18.1. The summed E-state index contributed by atoms with van der Waals surface area (Å²) in [5, 5.41) is 1.08. The van der Waals surface area contributed by atoms with Crippen molar-refractivity contribution >= 4 is 30.5 Å². The summed E-state index contributed by atoms with van der Waals surface area (Å²) in [5.74, 6) is 0. The Morgan fingerprint density at radius 2 is 1.88 bits per heavy atom. The summed E-state index contributed by atoms with van der Waals surface area (Å²) in [6.07, 6.45) is 5.15. The van der Waals surface area contributed by atoms with Gasteiger partial charge in [-0.25, -0.2) is 0 Å². The zero-order chi connectivity index (χ0) is 17.9. The molecule has 0 N–H and O–H groups in total. The monoisotopic (exact) mass is 367 g/mol. The maximum absolute atomic E-state index is 5.86. The standard InChI is InChI=1S/C19H21NO3Si2/c1-19(2,18(22-24-3)23-25-4)14-7-8-15-16(12-21-17(15)10-14)13-6-5-9-20-11-13/h5-12,18H,1-4H3. The Morgan fingerprint density at radius 1 is 1.12 bits per heavy atom. The molecule has 3 rings (SSSR count). The molecule has 0 fully saturated rings. The minimum Gasteiger partial charge on any atom is -0.464 e. The van der Waals surface area contributed by atoms with Crippen molar-refractivity contribution in [1.82, 2.24) is 4.98 Å². The van der Waals surface area contributed by atoms with Crippen molar-refractivity contribution < 1.29 is 13.3 Å². The van der Waals surface area contributed by atoms with Gasteiger partial charge in [-0.1, -0.05) is 32.0 Å². The Balaban J connectivity index is 1.99. The van der Waals surface area contributed by atoms with E-state index in [1.54, 1.807) is 12.5 Å². The molecule has 3 aromatic rings. The minimum atomic E-state index is -0.276. The Labute approximate surface area is 153 Å². The second-order valence-electron chi connectivity index (χ2n) is 6.30. The van der Waals surface area contributed by atoms with Gasteiger partial charge in [0.2, 0.25) is 19.5 Å². The van der Waals surface area contributed by atoms with Gasteiger partial charge < -0.3 is 13.3 Å². The second kappa shape index (κ2) is 7.65. The number of nitrogens with zero attached hydrogens (tertiary/aromatic N) is 1. The predicted octanol–water partition coefficient (Wildman–Crippen LogP) is 4.47. The number of benzene rings is 1. The molecule has 0 atom stereocenters. The maximum Gasteiger partial charge on any atom is 0.229 e. The topological polar surface area (TPSA) is 44.5 Å². The lowest BCUT2D eigenvalue weighted by molar-refractivity contribution is -0.0432. The first-order valence-electron chi connectivity index (χ1n) is 8.15. The number of furan rings is 1. The third-order valence-corrected chi connectivity index (χ3v) is 5.23. The quantitative estimate of drug-likeness (QED) is 0.457. The van der Waals surface area contributed by atoms with Gasteiger partial charge >= 0.3 is 0 Å². The van der Waals surface area contributed by atoms with Crippen LogP contribution in [0.3, 0.4) is 0 Å². The van der Waals surface area contributed by atoms with Crippen LogP contribution in [0.1, 0.15) is 19.4 Å². The average Bonchev–Trinajstić information content (AvgIpc) is 3.05. The molecule has 1 aromatic carbocycles. The number of aromatic nitrogens is 1. The van der Waals surface area contributed by atoms with Gasteiger partial charge in [0.15, 0.2) is 0 Å². The fraction of sp³-hybridized carbons (Fsp3) is 0.316. The van der Waals surface area contributed by atoms with Crippen LogP contribution >= 0.6 is 0 Å². The highest BCUT2D eigenvalue weighted by Gasteiger charge is 2.33. The molecule has 4 radical (unpaired) electrons. The van der Waals surface area contributed by atoms with Gasteiger partial charge in [-0.2, -0.15) is 0 Å². The van der Waals surface area contributed by atoms with E-state index in [9.17, 15) is 0 Å². The minimum absolute atomic E-state index is 0.274. The van der Waals surface area contributed by atoms with E-state index in [0.29, 0.717) is 19.5 Å². The van der Waals surface area contributed by atoms with Crippen molar-refractivity contribution in [3.05, 3.63) is 54.6 Å². The molecule has 4 nitrogen and oxygen atoms in total. The highest BCUT2D eigenvalue weighted by atomic mass is 28.2. The number of fused-ring (bicyclic) bond motifs is 1. The van der Waals surface area contributed by atoms with Crippen LogP contribution in [-0.2, 0) is 14.3 Å². The summed E-state index contributed by atoms with van der Waals surface area (Å²) in [5.41, 5.74) is 3.83. The SMILES string of the molecule is C[Si]OC(O[Si]C)C(C)(C)c1ccc2c(-c3cccnc3)coc2c1. The molecule has 0 aliphatic rings. The van der Waals surface area contributed by atoms with Crippen molar-refractivity contribution in [2.75, 3.05) is 0 Å². The van der Waals surface area contributed by atoms with Crippen molar-refractivity contribution in [3.63, 3.8) is 0 Å². The molecular formula is C19H21NO3Si2. The van der Waals surface area contributed by atoms with Crippen LogP contribution in [0.4, 0.5) is 0 Å². The molecule has 0 aliphatic heterocycles. The molecule has 0 amide bonds. The first-order valence-corrected chi connectivity index (χ1v) is 11.0. The third kappa shape index (κ3) is 3.62. The van der Waals surface area contributed by atoms with Gasteiger partial charge in [-0.15, -0.1) is 0 Å². The van der Waals surface area contributed by atoms with Crippen LogP contribution in [0.25, 0.3) is 22.1 Å². The molecule has 0 spiro atoms. The summed E-state index contributed by atoms with van der Waals surface area (Å²) in [6, 6.07) is 10.3. The Hall–Kier alpha value is -1.74. The lowest BCUT2D eigenvalue weighted by Gasteiger charge is -2.34. The van der Waals surface area contributed by atoms with Crippen molar-refractivity contribution in [2.24, 2.45) is 0 Å². The average molecular weight is 368 g/mol. The van der Waals surface area contributed by atoms with Crippen LogP contribution in [-0.4, -0.2) is 30.8 Å². The predicted molar refractivity (Wildman–Crippen MR) is 102 cm³/mol. The van der Waals surface area contributed by atoms with Crippen LogP contribution in [0, 0.1) is 0 Å².